The number of nitrogens with one attached hydrogen (secondary N) is 2. The molecule has 2 aromatic rings. The Kier molecular flexibility index (Phi) is 8.03. The highest BCUT2D eigenvalue weighted by molar-refractivity contribution is 9.10. The molecule has 0 aliphatic carbocycles. The molecule has 0 aliphatic rings. The minimum atomic E-state index is 0.526. The second-order valence-corrected chi connectivity index (χ2v) is 7.08. The number of rotatable bonds is 9. The SMILES string of the molecule is NC(=NCCCc1cnc[nH]1)NCCSCc1cccc(Br)c1. The van der Waals surface area contributed by atoms with E-state index in [1.54, 1.807) is 6.33 Å². The summed E-state index contributed by atoms with van der Waals surface area (Å²) in [5.74, 6) is 2.52. The van der Waals surface area contributed by atoms with Gasteiger partial charge in [0, 0.05) is 41.0 Å². The van der Waals surface area contributed by atoms with E-state index in [0.717, 1.165) is 47.6 Å². The van der Waals surface area contributed by atoms with Crippen molar-refractivity contribution >= 4 is 33.7 Å². The number of aromatic amines is 1. The summed E-state index contributed by atoms with van der Waals surface area (Å²) < 4.78 is 1.13. The molecule has 0 aliphatic heterocycles. The maximum Gasteiger partial charge on any atom is 0.188 e. The van der Waals surface area contributed by atoms with Crippen LogP contribution < -0.4 is 11.1 Å². The minimum absolute atomic E-state index is 0.526. The molecule has 0 atom stereocenters. The number of nitrogens with two attached hydrogens (primary N) is 1. The minimum Gasteiger partial charge on any atom is -0.370 e. The van der Waals surface area contributed by atoms with Gasteiger partial charge in [-0.15, -0.1) is 0 Å². The second-order valence-electron chi connectivity index (χ2n) is 5.06. The van der Waals surface area contributed by atoms with E-state index in [4.69, 9.17) is 5.73 Å². The third-order valence-corrected chi connectivity index (χ3v) is 4.68. The van der Waals surface area contributed by atoms with E-state index in [1.807, 2.05) is 24.0 Å². The first-order chi connectivity index (χ1) is 11.2. The Balaban J connectivity index is 1.52. The van der Waals surface area contributed by atoms with E-state index in [1.165, 1.54) is 5.56 Å². The summed E-state index contributed by atoms with van der Waals surface area (Å²) in [6.07, 6.45) is 5.44. The van der Waals surface area contributed by atoms with E-state index in [9.17, 15) is 0 Å². The van der Waals surface area contributed by atoms with Gasteiger partial charge in [-0.2, -0.15) is 11.8 Å². The lowest BCUT2D eigenvalue weighted by molar-refractivity contribution is 0.806. The molecule has 1 aromatic carbocycles. The largest absolute Gasteiger partial charge is 0.370 e. The summed E-state index contributed by atoms with van der Waals surface area (Å²) in [7, 11) is 0. The van der Waals surface area contributed by atoms with Crippen molar-refractivity contribution in [3.05, 3.63) is 52.5 Å². The number of halogens is 1. The van der Waals surface area contributed by atoms with Crippen LogP contribution in [-0.2, 0) is 12.2 Å². The van der Waals surface area contributed by atoms with Gasteiger partial charge in [-0.05, 0) is 30.5 Å². The van der Waals surface area contributed by atoms with Crippen molar-refractivity contribution in [1.82, 2.24) is 15.3 Å². The molecule has 0 bridgehead atoms. The average Bonchev–Trinajstić information content (AvgIpc) is 3.05. The fourth-order valence-corrected chi connectivity index (χ4v) is 3.27. The van der Waals surface area contributed by atoms with Crippen LogP contribution in [0, 0.1) is 0 Å². The van der Waals surface area contributed by atoms with E-state index < -0.39 is 0 Å². The van der Waals surface area contributed by atoms with Crippen molar-refractivity contribution in [2.45, 2.75) is 18.6 Å². The molecule has 0 saturated carbocycles. The third kappa shape index (κ3) is 7.56. The highest BCUT2D eigenvalue weighted by Gasteiger charge is 1.97. The summed E-state index contributed by atoms with van der Waals surface area (Å²) in [5.41, 5.74) is 8.31. The standard InChI is InChI=1S/C16H22BrN5S/c17-14-4-1-3-13(9-14)11-23-8-7-21-16(18)20-6-2-5-15-10-19-12-22-15/h1,3-4,9-10,12H,2,5-8,11H2,(H,19,22)(H3,18,20,21). The summed E-state index contributed by atoms with van der Waals surface area (Å²) in [4.78, 5) is 11.4. The molecule has 7 heteroatoms. The van der Waals surface area contributed by atoms with Crippen LogP contribution in [0.3, 0.4) is 0 Å². The maximum atomic E-state index is 5.85. The highest BCUT2D eigenvalue weighted by Crippen LogP contribution is 2.16. The van der Waals surface area contributed by atoms with Gasteiger partial charge >= 0.3 is 0 Å². The number of nitrogens with zero attached hydrogens (tertiary/aromatic N) is 2. The van der Waals surface area contributed by atoms with Crippen LogP contribution in [-0.4, -0.2) is 34.8 Å². The summed E-state index contributed by atoms with van der Waals surface area (Å²) in [6.45, 7) is 1.55. The number of aromatic nitrogens is 2. The lowest BCUT2D eigenvalue weighted by Gasteiger charge is -2.06. The van der Waals surface area contributed by atoms with Gasteiger partial charge < -0.3 is 16.0 Å². The lowest BCUT2D eigenvalue weighted by Crippen LogP contribution is -2.33. The van der Waals surface area contributed by atoms with Gasteiger partial charge in [-0.1, -0.05) is 28.1 Å². The van der Waals surface area contributed by atoms with Crippen LogP contribution in [0.1, 0.15) is 17.7 Å². The Morgan fingerprint density at radius 1 is 1.43 bits per heavy atom. The number of benzene rings is 1. The Morgan fingerprint density at radius 3 is 3.13 bits per heavy atom. The molecule has 1 heterocycles. The number of thioether (sulfide) groups is 1. The molecule has 4 N–H and O–H groups in total. The van der Waals surface area contributed by atoms with Crippen molar-refractivity contribution < 1.29 is 0 Å². The molecule has 0 spiro atoms. The number of aryl methyl sites for hydroxylation is 1. The predicted molar refractivity (Wildman–Crippen MR) is 102 cm³/mol. The van der Waals surface area contributed by atoms with E-state index >= 15 is 0 Å². The normalized spacial score (nSPS) is 11.6. The van der Waals surface area contributed by atoms with Crippen molar-refractivity contribution in [3.63, 3.8) is 0 Å². The van der Waals surface area contributed by atoms with Crippen LogP contribution in [0.15, 0.2) is 46.3 Å². The molecular formula is C16H22BrN5S. The van der Waals surface area contributed by atoms with E-state index in [-0.39, 0.29) is 0 Å². The molecule has 23 heavy (non-hydrogen) atoms. The van der Waals surface area contributed by atoms with Crippen molar-refractivity contribution in [1.29, 1.82) is 0 Å². The molecule has 0 fully saturated rings. The molecule has 0 unspecified atom stereocenters. The Bertz CT molecular complexity index is 600. The highest BCUT2D eigenvalue weighted by atomic mass is 79.9. The number of imidazole rings is 1. The van der Waals surface area contributed by atoms with Crippen LogP contribution in [0.5, 0.6) is 0 Å². The topological polar surface area (TPSA) is 79.1 Å². The first kappa shape index (κ1) is 17.9. The molecular weight excluding hydrogens is 374 g/mol. The van der Waals surface area contributed by atoms with Crippen molar-refractivity contribution in [3.8, 4) is 0 Å². The van der Waals surface area contributed by atoms with Gasteiger partial charge in [-0.25, -0.2) is 4.98 Å². The maximum absolute atomic E-state index is 5.85. The van der Waals surface area contributed by atoms with Crippen molar-refractivity contribution in [2.24, 2.45) is 10.7 Å². The molecule has 5 nitrogen and oxygen atoms in total. The lowest BCUT2D eigenvalue weighted by atomic mass is 10.2. The van der Waals surface area contributed by atoms with E-state index in [2.05, 4.69) is 54.4 Å². The Hall–Kier alpha value is -1.47. The molecule has 0 saturated heterocycles. The quantitative estimate of drug-likeness (QED) is 0.346. The van der Waals surface area contributed by atoms with Gasteiger partial charge in [-0.3, -0.25) is 4.99 Å². The third-order valence-electron chi connectivity index (χ3n) is 3.15. The summed E-state index contributed by atoms with van der Waals surface area (Å²) >= 11 is 5.37. The van der Waals surface area contributed by atoms with Gasteiger partial charge in [0.05, 0.1) is 6.33 Å². The zero-order valence-corrected chi connectivity index (χ0v) is 15.4. The van der Waals surface area contributed by atoms with Crippen LogP contribution >= 0.6 is 27.7 Å². The van der Waals surface area contributed by atoms with Crippen LogP contribution in [0.4, 0.5) is 0 Å². The average molecular weight is 396 g/mol. The van der Waals surface area contributed by atoms with Gasteiger partial charge in [0.2, 0.25) is 0 Å². The van der Waals surface area contributed by atoms with Crippen LogP contribution in [0.2, 0.25) is 0 Å². The van der Waals surface area contributed by atoms with Crippen LogP contribution in [0.25, 0.3) is 0 Å². The summed E-state index contributed by atoms with van der Waals surface area (Å²) in [6, 6.07) is 8.39. The Labute approximate surface area is 149 Å². The monoisotopic (exact) mass is 395 g/mol. The molecule has 124 valence electrons. The first-order valence-electron chi connectivity index (χ1n) is 7.57. The number of guanidine groups is 1. The number of hydrogen-bond donors (Lipinski definition) is 3. The molecule has 0 radical (unpaired) electrons. The zero-order valence-electron chi connectivity index (χ0n) is 13.0. The van der Waals surface area contributed by atoms with Gasteiger partial charge in [0.15, 0.2) is 5.96 Å². The van der Waals surface area contributed by atoms with Gasteiger partial charge in [0.25, 0.3) is 0 Å². The smallest absolute Gasteiger partial charge is 0.188 e. The van der Waals surface area contributed by atoms with Crippen molar-refractivity contribution in [2.75, 3.05) is 18.8 Å². The fraction of sp³-hybridized carbons (Fsp3) is 0.375. The fourth-order valence-electron chi connectivity index (χ4n) is 2.01. The predicted octanol–water partition coefficient (Wildman–Crippen LogP) is 2.94. The molecule has 1 aromatic heterocycles. The molecule has 0 amide bonds. The zero-order chi connectivity index (χ0) is 16.3. The first-order valence-corrected chi connectivity index (χ1v) is 9.52. The number of H-pyrrole nitrogens is 1. The second kappa shape index (κ2) is 10.3. The Morgan fingerprint density at radius 2 is 2.35 bits per heavy atom. The molecule has 2 rings (SSSR count). The van der Waals surface area contributed by atoms with Gasteiger partial charge in [0.1, 0.15) is 0 Å². The number of hydrogen-bond acceptors (Lipinski definition) is 3. The number of aliphatic imine (C=N–C) groups is 1. The summed E-state index contributed by atoms with van der Waals surface area (Å²) in [5, 5.41) is 3.15. The van der Waals surface area contributed by atoms with E-state index in [0.29, 0.717) is 5.96 Å².